The van der Waals surface area contributed by atoms with Crippen molar-refractivity contribution in [1.29, 1.82) is 0 Å². The van der Waals surface area contributed by atoms with Crippen molar-refractivity contribution in [3.63, 3.8) is 0 Å². The molecular weight excluding hydrogens is 448 g/mol. The Morgan fingerprint density at radius 1 is 1.00 bits per heavy atom. The number of ether oxygens (including phenoxy) is 1. The summed E-state index contributed by atoms with van der Waals surface area (Å²) in [5.41, 5.74) is 4.96. The maximum absolute atomic E-state index is 11.6. The van der Waals surface area contributed by atoms with Crippen molar-refractivity contribution in [2.45, 2.75) is 24.4 Å². The van der Waals surface area contributed by atoms with E-state index in [0.29, 0.717) is 6.54 Å². The fraction of sp³-hybridized carbons (Fsp3) is 0.192. The highest BCUT2D eigenvalue weighted by molar-refractivity contribution is 7.89. The van der Waals surface area contributed by atoms with Gasteiger partial charge >= 0.3 is 0 Å². The largest absolute Gasteiger partial charge is 0.497 e. The Balaban J connectivity index is 1.64. The summed E-state index contributed by atoms with van der Waals surface area (Å²) >= 11 is 0. The van der Waals surface area contributed by atoms with E-state index in [-0.39, 0.29) is 10.9 Å². The molecule has 4 aromatic rings. The van der Waals surface area contributed by atoms with Gasteiger partial charge in [-0.1, -0.05) is 30.3 Å². The zero-order chi connectivity index (χ0) is 24.3. The van der Waals surface area contributed by atoms with Crippen LogP contribution in [0.5, 0.6) is 5.75 Å². The third-order valence-corrected chi connectivity index (χ3v) is 6.88. The lowest BCUT2D eigenvalue weighted by Gasteiger charge is -2.25. The smallest absolute Gasteiger partial charge is 0.238 e. The molecule has 0 aliphatic heterocycles. The number of sulfonamides is 1. The second-order valence-corrected chi connectivity index (χ2v) is 9.78. The molecule has 1 atom stereocenters. The summed E-state index contributed by atoms with van der Waals surface area (Å²) < 4.78 is 30.3. The van der Waals surface area contributed by atoms with Crippen LogP contribution in [0.1, 0.15) is 24.1 Å². The molecule has 0 fully saturated rings. The van der Waals surface area contributed by atoms with E-state index in [4.69, 9.17) is 15.0 Å². The first-order chi connectivity index (χ1) is 16.3. The van der Waals surface area contributed by atoms with Crippen LogP contribution in [-0.4, -0.2) is 37.3 Å². The highest BCUT2D eigenvalue weighted by atomic mass is 32.2. The molecule has 0 amide bonds. The number of benzene rings is 3. The average Bonchev–Trinajstić information content (AvgIpc) is 3.27. The van der Waals surface area contributed by atoms with Crippen molar-refractivity contribution in [2.75, 3.05) is 14.2 Å². The molecule has 176 valence electrons. The predicted octanol–water partition coefficient (Wildman–Crippen LogP) is 4.39. The number of nitrogens with two attached hydrogens (primary N) is 1. The summed E-state index contributed by atoms with van der Waals surface area (Å²) in [4.78, 5) is 2.31. The van der Waals surface area contributed by atoms with Gasteiger partial charge in [0.2, 0.25) is 10.0 Å². The van der Waals surface area contributed by atoms with Gasteiger partial charge in [-0.05, 0) is 68.1 Å². The summed E-state index contributed by atoms with van der Waals surface area (Å²) in [5, 5.41) is 10.1. The average molecular weight is 477 g/mol. The third-order valence-electron chi connectivity index (χ3n) is 5.95. The number of hydrogen-bond acceptors (Lipinski definition) is 5. The quantitative estimate of drug-likeness (QED) is 0.407. The molecular formula is C26H28N4O3S. The fourth-order valence-electron chi connectivity index (χ4n) is 3.83. The van der Waals surface area contributed by atoms with E-state index < -0.39 is 10.0 Å². The van der Waals surface area contributed by atoms with Gasteiger partial charge in [-0.15, -0.1) is 0 Å². The van der Waals surface area contributed by atoms with Crippen molar-refractivity contribution < 1.29 is 13.2 Å². The van der Waals surface area contributed by atoms with Crippen LogP contribution in [0, 0.1) is 0 Å². The van der Waals surface area contributed by atoms with Crippen LogP contribution in [-0.2, 0) is 16.6 Å². The molecule has 8 heteroatoms. The summed E-state index contributed by atoms with van der Waals surface area (Å²) in [7, 11) is -0.0258. The number of nitrogens with zero attached hydrogens (tertiary/aromatic N) is 3. The molecule has 0 aliphatic carbocycles. The number of primary sulfonamides is 1. The van der Waals surface area contributed by atoms with Gasteiger partial charge in [0, 0.05) is 29.9 Å². The van der Waals surface area contributed by atoms with E-state index in [0.717, 1.165) is 33.8 Å². The van der Waals surface area contributed by atoms with E-state index in [1.54, 1.807) is 31.4 Å². The van der Waals surface area contributed by atoms with Gasteiger partial charge < -0.3 is 4.74 Å². The SMILES string of the molecule is COc1ccc(-c2nn(-c3ccccc3)cc2CN(C)[C@@H](C)c2ccc(S(N)(=O)=O)cc2)cc1. The maximum atomic E-state index is 11.6. The van der Waals surface area contributed by atoms with E-state index in [1.807, 2.05) is 66.3 Å². The Morgan fingerprint density at radius 2 is 1.65 bits per heavy atom. The molecule has 34 heavy (non-hydrogen) atoms. The number of rotatable bonds is 8. The first-order valence-corrected chi connectivity index (χ1v) is 12.4. The van der Waals surface area contributed by atoms with E-state index >= 15 is 0 Å². The van der Waals surface area contributed by atoms with Gasteiger partial charge in [0.25, 0.3) is 0 Å². The van der Waals surface area contributed by atoms with Crippen LogP contribution in [0.25, 0.3) is 16.9 Å². The Bertz CT molecular complexity index is 1350. The Hall–Kier alpha value is -3.46. The highest BCUT2D eigenvalue weighted by Crippen LogP contribution is 2.29. The lowest BCUT2D eigenvalue weighted by atomic mass is 10.0. The second-order valence-electron chi connectivity index (χ2n) is 8.22. The normalized spacial score (nSPS) is 12.6. The molecule has 1 aromatic heterocycles. The van der Waals surface area contributed by atoms with Crippen LogP contribution < -0.4 is 9.88 Å². The van der Waals surface area contributed by atoms with Gasteiger partial charge in [-0.3, -0.25) is 4.90 Å². The highest BCUT2D eigenvalue weighted by Gasteiger charge is 2.19. The van der Waals surface area contributed by atoms with Crippen LogP contribution in [0.2, 0.25) is 0 Å². The van der Waals surface area contributed by atoms with E-state index in [2.05, 4.69) is 18.0 Å². The number of methoxy groups -OCH3 is 1. The number of hydrogen-bond donors (Lipinski definition) is 1. The lowest BCUT2D eigenvalue weighted by molar-refractivity contribution is 0.253. The van der Waals surface area contributed by atoms with Gasteiger partial charge in [0.05, 0.1) is 23.4 Å². The van der Waals surface area contributed by atoms with Crippen LogP contribution in [0.15, 0.2) is 90.0 Å². The molecule has 0 saturated carbocycles. The third kappa shape index (κ3) is 5.20. The Morgan fingerprint density at radius 3 is 2.24 bits per heavy atom. The molecule has 2 N–H and O–H groups in total. The number of aromatic nitrogens is 2. The minimum Gasteiger partial charge on any atom is -0.497 e. The Kier molecular flexibility index (Phi) is 6.83. The molecule has 0 radical (unpaired) electrons. The second kappa shape index (κ2) is 9.80. The van der Waals surface area contributed by atoms with Crippen LogP contribution in [0.4, 0.5) is 0 Å². The zero-order valence-corrected chi connectivity index (χ0v) is 20.2. The predicted molar refractivity (Wildman–Crippen MR) is 133 cm³/mol. The molecule has 0 spiro atoms. The van der Waals surface area contributed by atoms with Gasteiger partial charge in [0.15, 0.2) is 0 Å². The molecule has 3 aromatic carbocycles. The first-order valence-electron chi connectivity index (χ1n) is 10.9. The van der Waals surface area contributed by atoms with Crippen LogP contribution in [0.3, 0.4) is 0 Å². The molecule has 0 aliphatic rings. The van der Waals surface area contributed by atoms with Crippen molar-refractivity contribution >= 4 is 10.0 Å². The molecule has 4 rings (SSSR count). The van der Waals surface area contributed by atoms with Gasteiger partial charge in [-0.25, -0.2) is 18.2 Å². The standard InChI is InChI=1S/C26H28N4O3S/c1-19(20-11-15-25(16-12-20)34(27,31)32)29(2)17-22-18-30(23-7-5-4-6-8-23)28-26(22)21-9-13-24(33-3)14-10-21/h4-16,18-19H,17H2,1-3H3,(H2,27,31,32)/t19-/m0/s1. The molecule has 0 bridgehead atoms. The Labute approximate surface area is 200 Å². The lowest BCUT2D eigenvalue weighted by Crippen LogP contribution is -2.22. The summed E-state index contributed by atoms with van der Waals surface area (Å²) in [6.07, 6.45) is 2.06. The summed E-state index contributed by atoms with van der Waals surface area (Å²) in [6, 6.07) is 24.6. The van der Waals surface area contributed by atoms with Crippen molar-refractivity contribution in [2.24, 2.45) is 5.14 Å². The van der Waals surface area contributed by atoms with Crippen molar-refractivity contribution in [3.8, 4) is 22.7 Å². The number of para-hydroxylation sites is 1. The molecule has 1 heterocycles. The summed E-state index contributed by atoms with van der Waals surface area (Å²) in [5.74, 6) is 0.793. The van der Waals surface area contributed by atoms with Crippen molar-refractivity contribution in [3.05, 3.63) is 96.2 Å². The molecule has 0 unspecified atom stereocenters. The van der Waals surface area contributed by atoms with Gasteiger partial charge in [0.1, 0.15) is 5.75 Å². The zero-order valence-electron chi connectivity index (χ0n) is 19.4. The van der Waals surface area contributed by atoms with Gasteiger partial charge in [-0.2, -0.15) is 5.10 Å². The maximum Gasteiger partial charge on any atom is 0.238 e. The minimum atomic E-state index is -3.71. The monoisotopic (exact) mass is 476 g/mol. The van der Waals surface area contributed by atoms with E-state index in [1.165, 1.54) is 0 Å². The summed E-state index contributed by atoms with van der Waals surface area (Å²) in [6.45, 7) is 2.73. The van der Waals surface area contributed by atoms with Crippen LogP contribution >= 0.6 is 0 Å². The van der Waals surface area contributed by atoms with E-state index in [9.17, 15) is 8.42 Å². The minimum absolute atomic E-state index is 0.0401. The molecule has 7 nitrogen and oxygen atoms in total. The topological polar surface area (TPSA) is 90.4 Å². The fourth-order valence-corrected chi connectivity index (χ4v) is 4.34. The van der Waals surface area contributed by atoms with Crippen molar-refractivity contribution in [1.82, 2.24) is 14.7 Å². The molecule has 0 saturated heterocycles. The first kappa shape index (κ1) is 23.7.